The van der Waals surface area contributed by atoms with Crippen LogP contribution in [0.4, 0.5) is 0 Å². The second kappa shape index (κ2) is 8.20. The third kappa shape index (κ3) is 3.87. The number of benzene rings is 2. The Bertz CT molecular complexity index is 1250. The SMILES string of the molecule is CN(C)C(=O)C(c1cccc(-c2cnc3n[nH]c(-c4ccccc4[OH2+])c3c2)c1)N(C)C. The van der Waals surface area contributed by atoms with Gasteiger partial charge in [-0.1, -0.05) is 30.3 Å². The predicted octanol–water partition coefficient (Wildman–Crippen LogP) is 3.42. The zero-order chi connectivity index (χ0) is 22.1. The Morgan fingerprint density at radius 2 is 1.77 bits per heavy atom. The van der Waals surface area contributed by atoms with E-state index < -0.39 is 0 Å². The van der Waals surface area contributed by atoms with Crippen molar-refractivity contribution < 1.29 is 9.90 Å². The first-order valence-electron chi connectivity index (χ1n) is 10.00. The zero-order valence-electron chi connectivity index (χ0n) is 18.0. The van der Waals surface area contributed by atoms with Crippen LogP contribution in [0.1, 0.15) is 11.6 Å². The van der Waals surface area contributed by atoms with E-state index in [4.69, 9.17) is 5.11 Å². The number of pyridine rings is 1. The second-order valence-electron chi connectivity index (χ2n) is 7.96. The van der Waals surface area contributed by atoms with Crippen LogP contribution in [0.25, 0.3) is 33.4 Å². The minimum Gasteiger partial charge on any atom is -0.593 e. The number of amides is 1. The van der Waals surface area contributed by atoms with Gasteiger partial charge in [0.05, 0.1) is 11.3 Å². The molecule has 1 amide bonds. The maximum absolute atomic E-state index is 12.7. The summed E-state index contributed by atoms with van der Waals surface area (Å²) in [4.78, 5) is 20.8. The van der Waals surface area contributed by atoms with Gasteiger partial charge in [-0.2, -0.15) is 5.10 Å². The van der Waals surface area contributed by atoms with E-state index in [0.717, 1.165) is 33.3 Å². The number of aromatic nitrogens is 3. The smallest absolute Gasteiger partial charge is 0.263 e. The summed E-state index contributed by atoms with van der Waals surface area (Å²) >= 11 is 0. The summed E-state index contributed by atoms with van der Waals surface area (Å²) in [5, 5.41) is 16.4. The summed E-state index contributed by atoms with van der Waals surface area (Å²) in [5.41, 5.74) is 4.98. The van der Waals surface area contributed by atoms with Gasteiger partial charge in [0.2, 0.25) is 5.91 Å². The van der Waals surface area contributed by atoms with Crippen molar-refractivity contribution in [3.8, 4) is 28.1 Å². The van der Waals surface area contributed by atoms with Crippen molar-refractivity contribution in [2.75, 3.05) is 28.2 Å². The van der Waals surface area contributed by atoms with Gasteiger partial charge in [0.15, 0.2) is 5.65 Å². The molecule has 0 fully saturated rings. The van der Waals surface area contributed by atoms with Crippen molar-refractivity contribution in [1.29, 1.82) is 0 Å². The van der Waals surface area contributed by atoms with Gasteiger partial charge in [0.25, 0.3) is 5.75 Å². The molecule has 0 aliphatic carbocycles. The van der Waals surface area contributed by atoms with Crippen LogP contribution in [0, 0.1) is 0 Å². The molecular formula is C24H26N5O2+. The lowest BCUT2D eigenvalue weighted by Gasteiger charge is -2.27. The molecule has 0 bridgehead atoms. The molecule has 2 heterocycles. The number of hydrogen-bond acceptors (Lipinski definition) is 4. The highest BCUT2D eigenvalue weighted by Gasteiger charge is 2.25. The number of nitrogens with zero attached hydrogens (tertiary/aromatic N) is 4. The third-order valence-electron chi connectivity index (χ3n) is 5.33. The van der Waals surface area contributed by atoms with Gasteiger partial charge in [-0.15, -0.1) is 0 Å². The molecule has 4 rings (SSSR count). The molecule has 4 aromatic rings. The van der Waals surface area contributed by atoms with Crippen LogP contribution in [0.5, 0.6) is 5.75 Å². The normalized spacial score (nSPS) is 12.3. The molecule has 2 aromatic carbocycles. The van der Waals surface area contributed by atoms with Crippen molar-refractivity contribution >= 4 is 16.9 Å². The Morgan fingerprint density at radius 1 is 1.00 bits per heavy atom. The number of carbonyl (C=O) groups is 1. The first-order valence-corrected chi connectivity index (χ1v) is 10.00. The number of hydrogen-bond donors (Lipinski definition) is 1. The van der Waals surface area contributed by atoms with Crippen LogP contribution in [-0.4, -0.2) is 64.2 Å². The first-order chi connectivity index (χ1) is 14.9. The standard InChI is InChI=1S/C24H25N5O2/c1-28(2)22(24(31)29(3)4)16-9-7-8-15(12-16)17-13-19-21(26-27-23(19)25-14-17)18-10-5-6-11-20(18)30/h5-14,22,30H,1-4H3,(H,25,26,27)/p+1. The Balaban J connectivity index is 1.79. The molecular weight excluding hydrogens is 390 g/mol. The fourth-order valence-electron chi connectivity index (χ4n) is 3.76. The molecule has 0 aliphatic heterocycles. The molecule has 0 spiro atoms. The minimum atomic E-state index is -0.369. The molecule has 0 aliphatic rings. The topological polar surface area (TPSA) is 88.0 Å². The number of aromatic amines is 1. The maximum atomic E-state index is 12.7. The zero-order valence-corrected chi connectivity index (χ0v) is 18.0. The van der Waals surface area contributed by atoms with Crippen LogP contribution < -0.4 is 0 Å². The van der Waals surface area contributed by atoms with Crippen LogP contribution in [0.15, 0.2) is 60.8 Å². The summed E-state index contributed by atoms with van der Waals surface area (Å²) in [6.07, 6.45) is 1.79. The van der Waals surface area contributed by atoms with Gasteiger partial charge in [0.1, 0.15) is 6.04 Å². The summed E-state index contributed by atoms with van der Waals surface area (Å²) in [7, 11) is 7.35. The lowest BCUT2D eigenvalue weighted by Crippen LogP contribution is -2.36. The molecule has 3 N–H and O–H groups in total. The Kier molecular flexibility index (Phi) is 5.44. The van der Waals surface area contributed by atoms with Gasteiger partial charge in [-0.05, 0) is 43.4 Å². The van der Waals surface area contributed by atoms with Crippen molar-refractivity contribution in [3.05, 3.63) is 66.4 Å². The van der Waals surface area contributed by atoms with E-state index in [1.54, 1.807) is 31.3 Å². The number of rotatable bonds is 5. The second-order valence-corrected chi connectivity index (χ2v) is 7.96. The van der Waals surface area contributed by atoms with Crippen molar-refractivity contribution in [2.24, 2.45) is 0 Å². The minimum absolute atomic E-state index is 0.0277. The molecule has 31 heavy (non-hydrogen) atoms. The molecule has 0 saturated heterocycles. The molecule has 1 unspecified atom stereocenters. The van der Waals surface area contributed by atoms with E-state index in [1.807, 2.05) is 67.5 Å². The summed E-state index contributed by atoms with van der Waals surface area (Å²) < 4.78 is 0. The maximum Gasteiger partial charge on any atom is 0.263 e. The molecule has 0 radical (unpaired) electrons. The average molecular weight is 417 g/mol. The molecule has 7 nitrogen and oxygen atoms in total. The molecule has 1 atom stereocenters. The van der Waals surface area contributed by atoms with Crippen molar-refractivity contribution in [2.45, 2.75) is 6.04 Å². The molecule has 7 heteroatoms. The Labute approximate surface area is 181 Å². The van der Waals surface area contributed by atoms with Crippen molar-refractivity contribution in [1.82, 2.24) is 25.0 Å². The largest absolute Gasteiger partial charge is 0.593 e. The molecule has 0 saturated carbocycles. The number of fused-ring (bicyclic) bond motifs is 1. The van der Waals surface area contributed by atoms with Crippen LogP contribution in [0.2, 0.25) is 0 Å². The number of likely N-dealkylation sites (N-methyl/N-ethyl adjacent to an activating group) is 2. The molecule has 158 valence electrons. The van der Waals surface area contributed by atoms with Gasteiger partial charge in [0, 0.05) is 37.3 Å². The number of H-pyrrole nitrogens is 1. The van der Waals surface area contributed by atoms with E-state index in [-0.39, 0.29) is 11.9 Å². The van der Waals surface area contributed by atoms with Gasteiger partial charge >= 0.3 is 0 Å². The van der Waals surface area contributed by atoms with Crippen LogP contribution >= 0.6 is 0 Å². The van der Waals surface area contributed by atoms with Crippen molar-refractivity contribution in [3.63, 3.8) is 0 Å². The highest BCUT2D eigenvalue weighted by atomic mass is 16.3. The lowest BCUT2D eigenvalue weighted by molar-refractivity contribution is -0.133. The molecule has 2 aromatic heterocycles. The van der Waals surface area contributed by atoms with Crippen LogP contribution in [0.3, 0.4) is 0 Å². The highest BCUT2D eigenvalue weighted by Crippen LogP contribution is 2.34. The van der Waals surface area contributed by atoms with E-state index in [1.165, 1.54) is 0 Å². The average Bonchev–Trinajstić information content (AvgIpc) is 3.17. The first kappa shape index (κ1) is 20.6. The monoisotopic (exact) mass is 416 g/mol. The number of carbonyl (C=O) groups excluding carboxylic acids is 1. The fraction of sp³-hybridized carbons (Fsp3) is 0.208. The van der Waals surface area contributed by atoms with Gasteiger partial charge in [-0.25, -0.2) is 4.98 Å². The number of para-hydroxylation sites is 1. The fourth-order valence-corrected chi connectivity index (χ4v) is 3.76. The Hall–Kier alpha value is -3.71. The van der Waals surface area contributed by atoms with Gasteiger partial charge in [-0.3, -0.25) is 14.8 Å². The summed E-state index contributed by atoms with van der Waals surface area (Å²) in [6.45, 7) is 0. The summed E-state index contributed by atoms with van der Waals surface area (Å²) in [6, 6.07) is 17.1. The number of nitrogens with one attached hydrogen (secondary N) is 1. The predicted molar refractivity (Wildman–Crippen MR) is 123 cm³/mol. The van der Waals surface area contributed by atoms with Gasteiger partial charge < -0.3 is 10.0 Å². The highest BCUT2D eigenvalue weighted by molar-refractivity contribution is 5.94. The van der Waals surface area contributed by atoms with E-state index in [9.17, 15) is 4.79 Å². The quantitative estimate of drug-likeness (QED) is 0.505. The third-order valence-corrected chi connectivity index (χ3v) is 5.33. The lowest BCUT2D eigenvalue weighted by atomic mass is 9.98. The van der Waals surface area contributed by atoms with Crippen LogP contribution in [-0.2, 0) is 4.79 Å². The van der Waals surface area contributed by atoms with E-state index in [2.05, 4.69) is 15.2 Å². The summed E-state index contributed by atoms with van der Waals surface area (Å²) in [5.74, 6) is 0.455. The van der Waals surface area contributed by atoms with E-state index in [0.29, 0.717) is 11.4 Å². The van der Waals surface area contributed by atoms with E-state index >= 15 is 0 Å². The Morgan fingerprint density at radius 3 is 2.48 bits per heavy atom.